The van der Waals surface area contributed by atoms with Gasteiger partial charge in [-0.1, -0.05) is 30.3 Å². The zero-order valence-corrected chi connectivity index (χ0v) is 31.9. The molecule has 4 aromatic rings. The van der Waals surface area contributed by atoms with Crippen molar-refractivity contribution in [2.75, 3.05) is 31.6 Å². The molecule has 0 unspecified atom stereocenters. The lowest BCUT2D eigenvalue weighted by Gasteiger charge is -2.18. The Hall–Kier alpha value is -4.81. The molecule has 2 saturated carbocycles. The summed E-state index contributed by atoms with van der Waals surface area (Å²) in [6.07, 6.45) is 8.51. The minimum Gasteiger partial charge on any atom is -0.465 e. The van der Waals surface area contributed by atoms with Crippen molar-refractivity contribution in [1.82, 2.24) is 20.2 Å². The zero-order chi connectivity index (χ0) is 38.6. The molecule has 0 bridgehead atoms. The highest BCUT2D eigenvalue weighted by atomic mass is 16.5. The fourth-order valence-electron chi connectivity index (χ4n) is 7.68. The number of aliphatic hydroxyl groups is 2. The molecule has 7 rings (SSSR count). The van der Waals surface area contributed by atoms with Crippen LogP contribution in [0, 0.1) is 13.8 Å². The Morgan fingerprint density at radius 1 is 0.873 bits per heavy atom. The third-order valence-electron chi connectivity index (χ3n) is 11.2. The fraction of sp³-hybridized carbons (Fsp3) is 0.432. The molecule has 1 amide bonds. The topological polar surface area (TPSA) is 154 Å². The van der Waals surface area contributed by atoms with E-state index in [1.54, 1.807) is 13.1 Å². The monoisotopic (exact) mass is 745 g/mol. The summed E-state index contributed by atoms with van der Waals surface area (Å²) in [6.45, 7) is 8.19. The highest BCUT2D eigenvalue weighted by Crippen LogP contribution is 2.43. The number of anilines is 1. The van der Waals surface area contributed by atoms with Crippen LogP contribution in [0.15, 0.2) is 60.9 Å². The van der Waals surface area contributed by atoms with E-state index >= 15 is 0 Å². The molecule has 3 aliphatic rings. The SMILES string of the molecule is CCOC(=O)[C@@H](CO)NCc1cnc(C(=O)Cc2cccc(-c3cccc(NC(=O)c4cc(C5CC5)c(CN5CC[C@@H](O)C5)cn4)c3C)c2C)cc1C1CC1. The lowest BCUT2D eigenvalue weighted by atomic mass is 9.90. The highest BCUT2D eigenvalue weighted by molar-refractivity contribution is 6.04. The molecule has 55 heavy (non-hydrogen) atoms. The standard InChI is InChI=1S/C44H51N5O6/c1-4-55-44(54)41(25-50)47-21-31-20-45-39(18-36(31)28-11-12-28)42(52)17-30-7-5-8-34(26(30)2)35-9-6-10-38(27(35)3)48-43(53)40-19-37(29-13-14-29)32(22-46-40)23-49-16-15-33(51)24-49/h5-10,18-20,22,28-29,33,41,47,50-51H,4,11-17,21,23-25H2,1-3H3,(H,48,53)/t33-,41-/m1/s1. The van der Waals surface area contributed by atoms with E-state index in [0.29, 0.717) is 42.0 Å². The van der Waals surface area contributed by atoms with Crippen molar-refractivity contribution >= 4 is 23.3 Å². The first-order chi connectivity index (χ1) is 26.6. The highest BCUT2D eigenvalue weighted by Gasteiger charge is 2.30. The van der Waals surface area contributed by atoms with Crippen molar-refractivity contribution in [3.05, 3.63) is 111 Å². The zero-order valence-electron chi connectivity index (χ0n) is 31.9. The van der Waals surface area contributed by atoms with Crippen LogP contribution >= 0.6 is 0 Å². The van der Waals surface area contributed by atoms with E-state index in [4.69, 9.17) is 4.74 Å². The number of esters is 1. The van der Waals surface area contributed by atoms with Crippen LogP contribution in [0.4, 0.5) is 5.69 Å². The number of ether oxygens (including phenoxy) is 1. The third kappa shape index (κ3) is 9.02. The number of pyridine rings is 2. The quantitative estimate of drug-likeness (QED) is 0.0821. The van der Waals surface area contributed by atoms with Crippen LogP contribution in [0.25, 0.3) is 11.1 Å². The molecular weight excluding hydrogens is 695 g/mol. The Morgan fingerprint density at radius 2 is 1.53 bits per heavy atom. The summed E-state index contributed by atoms with van der Waals surface area (Å²) < 4.78 is 5.06. The summed E-state index contributed by atoms with van der Waals surface area (Å²) in [6, 6.07) is 14.8. The van der Waals surface area contributed by atoms with Crippen molar-refractivity contribution < 1.29 is 29.3 Å². The van der Waals surface area contributed by atoms with Crippen LogP contribution in [0.1, 0.15) is 111 Å². The second-order valence-electron chi connectivity index (χ2n) is 15.3. The number of carbonyl (C=O) groups is 3. The number of hydrogen-bond acceptors (Lipinski definition) is 10. The van der Waals surface area contributed by atoms with Gasteiger partial charge in [0.1, 0.15) is 17.4 Å². The largest absolute Gasteiger partial charge is 0.465 e. The summed E-state index contributed by atoms with van der Waals surface area (Å²) >= 11 is 0. The van der Waals surface area contributed by atoms with E-state index in [1.165, 1.54) is 5.56 Å². The fourth-order valence-corrected chi connectivity index (χ4v) is 7.68. The van der Waals surface area contributed by atoms with Gasteiger partial charge in [-0.05, 0) is 133 Å². The van der Waals surface area contributed by atoms with Gasteiger partial charge in [-0.3, -0.25) is 34.6 Å². The molecule has 11 nitrogen and oxygen atoms in total. The normalized spacial score (nSPS) is 17.6. The molecule has 288 valence electrons. The van der Waals surface area contributed by atoms with Crippen LogP contribution in [-0.4, -0.2) is 81.2 Å². The predicted octanol–water partition coefficient (Wildman–Crippen LogP) is 5.77. The maximum Gasteiger partial charge on any atom is 0.325 e. The minimum atomic E-state index is -0.832. The van der Waals surface area contributed by atoms with Crippen molar-refractivity contribution in [1.29, 1.82) is 0 Å². The van der Waals surface area contributed by atoms with Crippen LogP contribution in [0.5, 0.6) is 0 Å². The number of benzene rings is 2. The Balaban J connectivity index is 1.05. The second-order valence-corrected chi connectivity index (χ2v) is 15.3. The van der Waals surface area contributed by atoms with Gasteiger partial charge < -0.3 is 20.3 Å². The van der Waals surface area contributed by atoms with Gasteiger partial charge in [0.05, 0.1) is 19.3 Å². The number of hydrogen-bond donors (Lipinski definition) is 4. The Morgan fingerprint density at radius 3 is 2.20 bits per heavy atom. The van der Waals surface area contributed by atoms with Gasteiger partial charge in [-0.2, -0.15) is 0 Å². The average molecular weight is 746 g/mol. The first-order valence-corrected chi connectivity index (χ1v) is 19.5. The summed E-state index contributed by atoms with van der Waals surface area (Å²) in [5.41, 5.74) is 10.5. The molecule has 4 N–H and O–H groups in total. The molecule has 2 atom stereocenters. The van der Waals surface area contributed by atoms with Gasteiger partial charge in [0.15, 0.2) is 5.78 Å². The van der Waals surface area contributed by atoms with E-state index in [-0.39, 0.29) is 37.4 Å². The summed E-state index contributed by atoms with van der Waals surface area (Å²) in [4.78, 5) is 50.9. The van der Waals surface area contributed by atoms with E-state index in [0.717, 1.165) is 89.7 Å². The van der Waals surface area contributed by atoms with Crippen LogP contribution in [0.3, 0.4) is 0 Å². The molecule has 2 aromatic carbocycles. The number of carbonyl (C=O) groups excluding carboxylic acids is 3. The molecule has 0 radical (unpaired) electrons. The lowest BCUT2D eigenvalue weighted by Crippen LogP contribution is -2.40. The number of aliphatic hydroxyl groups excluding tert-OH is 2. The lowest BCUT2D eigenvalue weighted by molar-refractivity contribution is -0.146. The number of amides is 1. The molecule has 1 saturated heterocycles. The number of nitrogens with one attached hydrogen (secondary N) is 2. The predicted molar refractivity (Wildman–Crippen MR) is 210 cm³/mol. The molecule has 2 aromatic heterocycles. The van der Waals surface area contributed by atoms with Crippen molar-refractivity contribution in [2.24, 2.45) is 0 Å². The summed E-state index contributed by atoms with van der Waals surface area (Å²) in [7, 11) is 0. The number of β-amino-alcohol motifs (C(OH)–C–C–N with tert-alkyl or cyclic N) is 1. The van der Waals surface area contributed by atoms with Gasteiger partial charge in [0.2, 0.25) is 0 Å². The van der Waals surface area contributed by atoms with Crippen molar-refractivity contribution in [3.63, 3.8) is 0 Å². The summed E-state index contributed by atoms with van der Waals surface area (Å²) in [5, 5.41) is 25.9. The Kier molecular flexibility index (Phi) is 11.8. The van der Waals surface area contributed by atoms with Gasteiger partial charge in [0.25, 0.3) is 5.91 Å². The smallest absolute Gasteiger partial charge is 0.325 e. The number of aromatic nitrogens is 2. The number of rotatable bonds is 16. The maximum atomic E-state index is 13.7. The van der Waals surface area contributed by atoms with E-state index in [9.17, 15) is 24.6 Å². The number of nitrogens with zero attached hydrogens (tertiary/aromatic N) is 3. The average Bonchev–Trinajstić information content (AvgIpc) is 4.12. The van der Waals surface area contributed by atoms with Crippen molar-refractivity contribution in [3.8, 4) is 11.1 Å². The van der Waals surface area contributed by atoms with E-state index < -0.39 is 12.0 Å². The second kappa shape index (κ2) is 16.9. The number of likely N-dealkylation sites (tertiary alicyclic amines) is 1. The van der Waals surface area contributed by atoms with Crippen LogP contribution in [-0.2, 0) is 29.0 Å². The van der Waals surface area contributed by atoms with Crippen LogP contribution in [0.2, 0.25) is 0 Å². The van der Waals surface area contributed by atoms with Gasteiger partial charge in [0, 0.05) is 50.7 Å². The van der Waals surface area contributed by atoms with E-state index in [2.05, 4.69) is 25.5 Å². The summed E-state index contributed by atoms with van der Waals surface area (Å²) in [5.74, 6) is -0.0475. The first kappa shape index (κ1) is 38.5. The molecular formula is C44H51N5O6. The number of Topliss-reactive ketones (excluding diaryl/α,β-unsaturated/α-hetero) is 1. The molecule has 3 heterocycles. The van der Waals surface area contributed by atoms with Gasteiger partial charge >= 0.3 is 5.97 Å². The van der Waals surface area contributed by atoms with Crippen molar-refractivity contribution in [2.45, 2.75) is 96.4 Å². The minimum absolute atomic E-state index is 0.0822. The molecule has 3 fully saturated rings. The van der Waals surface area contributed by atoms with Gasteiger partial charge in [-0.25, -0.2) is 0 Å². The third-order valence-corrected chi connectivity index (χ3v) is 11.2. The Bertz CT molecular complexity index is 2080. The maximum absolute atomic E-state index is 13.7. The van der Waals surface area contributed by atoms with Gasteiger partial charge in [-0.15, -0.1) is 0 Å². The molecule has 0 spiro atoms. The molecule has 11 heteroatoms. The number of ketones is 1. The molecule has 2 aliphatic carbocycles. The molecule has 1 aliphatic heterocycles. The van der Waals surface area contributed by atoms with E-state index in [1.807, 2.05) is 68.6 Å². The van der Waals surface area contributed by atoms with Crippen LogP contribution < -0.4 is 10.6 Å². The Labute approximate surface area is 322 Å². The first-order valence-electron chi connectivity index (χ1n) is 19.5.